The molecule has 2 N–H and O–H groups in total. The third kappa shape index (κ3) is 3.09. The molecule has 2 rings (SSSR count). The molecule has 17 heavy (non-hydrogen) atoms. The standard InChI is InChI=1S/C13H13BrN2S/c1-9(15)10-5-4-8-16-13(10)17-12-7-3-2-6-11(12)14/h2-9H,15H2,1H3/t9-/m0/s1. The first kappa shape index (κ1) is 12.6. The lowest BCUT2D eigenvalue weighted by Crippen LogP contribution is -2.07. The van der Waals surface area contributed by atoms with Crippen LogP contribution in [-0.2, 0) is 0 Å². The molecule has 0 spiro atoms. The van der Waals surface area contributed by atoms with Crippen LogP contribution in [-0.4, -0.2) is 4.98 Å². The van der Waals surface area contributed by atoms with E-state index in [1.807, 2.05) is 37.3 Å². The van der Waals surface area contributed by atoms with Crippen LogP contribution >= 0.6 is 27.7 Å². The van der Waals surface area contributed by atoms with Crippen molar-refractivity contribution < 1.29 is 0 Å². The van der Waals surface area contributed by atoms with Gasteiger partial charge in [-0.1, -0.05) is 30.0 Å². The summed E-state index contributed by atoms with van der Waals surface area (Å²) in [6.07, 6.45) is 1.80. The van der Waals surface area contributed by atoms with Gasteiger partial charge in [-0.15, -0.1) is 0 Å². The highest BCUT2D eigenvalue weighted by Gasteiger charge is 2.10. The molecule has 1 aromatic carbocycles. The topological polar surface area (TPSA) is 38.9 Å². The molecule has 0 aliphatic heterocycles. The smallest absolute Gasteiger partial charge is 0.106 e. The van der Waals surface area contributed by atoms with Crippen LogP contribution in [0, 0.1) is 0 Å². The van der Waals surface area contributed by atoms with Gasteiger partial charge in [0.2, 0.25) is 0 Å². The molecule has 0 fully saturated rings. The summed E-state index contributed by atoms with van der Waals surface area (Å²) in [6, 6.07) is 12.0. The molecular formula is C13H13BrN2S. The maximum Gasteiger partial charge on any atom is 0.106 e. The predicted octanol–water partition coefficient (Wildman–Crippen LogP) is 4.02. The van der Waals surface area contributed by atoms with Gasteiger partial charge in [-0.2, -0.15) is 0 Å². The molecule has 0 bridgehead atoms. The van der Waals surface area contributed by atoms with E-state index >= 15 is 0 Å². The van der Waals surface area contributed by atoms with Gasteiger partial charge in [0.05, 0.1) is 0 Å². The van der Waals surface area contributed by atoms with Gasteiger partial charge < -0.3 is 5.73 Å². The highest BCUT2D eigenvalue weighted by molar-refractivity contribution is 9.10. The average molecular weight is 309 g/mol. The van der Waals surface area contributed by atoms with Crippen LogP contribution in [0.5, 0.6) is 0 Å². The van der Waals surface area contributed by atoms with E-state index in [9.17, 15) is 0 Å². The van der Waals surface area contributed by atoms with Crippen LogP contribution in [0.25, 0.3) is 0 Å². The summed E-state index contributed by atoms with van der Waals surface area (Å²) in [5.41, 5.74) is 7.02. The van der Waals surface area contributed by atoms with Gasteiger partial charge >= 0.3 is 0 Å². The highest BCUT2D eigenvalue weighted by Crippen LogP contribution is 2.34. The molecule has 0 saturated carbocycles. The summed E-state index contributed by atoms with van der Waals surface area (Å²) in [7, 11) is 0. The van der Waals surface area contributed by atoms with Gasteiger partial charge in [0.15, 0.2) is 0 Å². The zero-order valence-corrected chi connectivity index (χ0v) is 11.8. The predicted molar refractivity (Wildman–Crippen MR) is 75.1 cm³/mol. The van der Waals surface area contributed by atoms with Crippen LogP contribution in [0.4, 0.5) is 0 Å². The lowest BCUT2D eigenvalue weighted by atomic mass is 10.2. The molecule has 1 heterocycles. The van der Waals surface area contributed by atoms with E-state index < -0.39 is 0 Å². The van der Waals surface area contributed by atoms with E-state index in [2.05, 4.69) is 27.0 Å². The number of hydrogen-bond donors (Lipinski definition) is 1. The van der Waals surface area contributed by atoms with E-state index in [1.165, 1.54) is 0 Å². The Morgan fingerprint density at radius 3 is 2.71 bits per heavy atom. The van der Waals surface area contributed by atoms with Crippen LogP contribution in [0.3, 0.4) is 0 Å². The Hall–Kier alpha value is -0.840. The molecule has 2 nitrogen and oxygen atoms in total. The summed E-state index contributed by atoms with van der Waals surface area (Å²) >= 11 is 5.17. The molecule has 0 saturated heterocycles. The fraction of sp³-hybridized carbons (Fsp3) is 0.154. The van der Waals surface area contributed by atoms with Gasteiger partial charge in [0.1, 0.15) is 5.03 Å². The zero-order valence-electron chi connectivity index (χ0n) is 9.43. The van der Waals surface area contributed by atoms with Crippen molar-refractivity contribution in [2.24, 2.45) is 5.73 Å². The molecule has 0 aliphatic rings. The average Bonchev–Trinajstić information content (AvgIpc) is 2.32. The minimum Gasteiger partial charge on any atom is -0.324 e. The Morgan fingerprint density at radius 1 is 1.24 bits per heavy atom. The van der Waals surface area contributed by atoms with Crippen molar-refractivity contribution >= 4 is 27.7 Å². The first-order valence-corrected chi connectivity index (χ1v) is 6.92. The number of halogens is 1. The zero-order chi connectivity index (χ0) is 12.3. The molecule has 1 atom stereocenters. The number of hydrogen-bond acceptors (Lipinski definition) is 3. The van der Waals surface area contributed by atoms with Crippen molar-refractivity contribution in [1.82, 2.24) is 4.98 Å². The number of nitrogens with two attached hydrogens (primary N) is 1. The normalized spacial score (nSPS) is 12.4. The molecule has 0 radical (unpaired) electrons. The van der Waals surface area contributed by atoms with Gasteiger partial charge in [0.25, 0.3) is 0 Å². The van der Waals surface area contributed by atoms with Gasteiger partial charge in [-0.25, -0.2) is 4.98 Å². The Labute approximate surface area is 114 Å². The number of rotatable bonds is 3. The first-order chi connectivity index (χ1) is 8.18. The maximum atomic E-state index is 5.94. The minimum absolute atomic E-state index is 0.00584. The van der Waals surface area contributed by atoms with Crippen molar-refractivity contribution in [3.05, 3.63) is 52.6 Å². The quantitative estimate of drug-likeness (QED) is 0.931. The fourth-order valence-corrected chi connectivity index (χ4v) is 3.00. The summed E-state index contributed by atoms with van der Waals surface area (Å²) in [6.45, 7) is 1.97. The van der Waals surface area contributed by atoms with E-state index in [0.717, 1.165) is 20.0 Å². The van der Waals surface area contributed by atoms with Crippen LogP contribution in [0.2, 0.25) is 0 Å². The molecule has 88 valence electrons. The van der Waals surface area contributed by atoms with Crippen LogP contribution in [0.1, 0.15) is 18.5 Å². The Bertz CT molecular complexity index is 514. The Morgan fingerprint density at radius 2 is 2.00 bits per heavy atom. The maximum absolute atomic E-state index is 5.94. The van der Waals surface area contributed by atoms with Crippen molar-refractivity contribution in [3.63, 3.8) is 0 Å². The second kappa shape index (κ2) is 5.67. The highest BCUT2D eigenvalue weighted by atomic mass is 79.9. The van der Waals surface area contributed by atoms with Crippen molar-refractivity contribution in [3.8, 4) is 0 Å². The number of pyridine rings is 1. The van der Waals surface area contributed by atoms with E-state index in [0.29, 0.717) is 0 Å². The monoisotopic (exact) mass is 308 g/mol. The van der Waals surface area contributed by atoms with Crippen LogP contribution < -0.4 is 5.73 Å². The summed E-state index contributed by atoms with van der Waals surface area (Å²) in [5, 5.41) is 0.967. The van der Waals surface area contributed by atoms with E-state index in [1.54, 1.807) is 18.0 Å². The van der Waals surface area contributed by atoms with Gasteiger partial charge in [0, 0.05) is 27.2 Å². The van der Waals surface area contributed by atoms with Gasteiger partial charge in [-0.3, -0.25) is 0 Å². The second-order valence-electron chi connectivity index (χ2n) is 3.72. The largest absolute Gasteiger partial charge is 0.324 e. The summed E-state index contributed by atoms with van der Waals surface area (Å²) < 4.78 is 1.08. The van der Waals surface area contributed by atoms with Crippen molar-refractivity contribution in [1.29, 1.82) is 0 Å². The second-order valence-corrected chi connectivity index (χ2v) is 5.60. The molecule has 1 aromatic heterocycles. The molecular weight excluding hydrogens is 296 g/mol. The molecule has 0 aliphatic carbocycles. The number of aromatic nitrogens is 1. The van der Waals surface area contributed by atoms with Gasteiger partial charge in [-0.05, 0) is 41.1 Å². The molecule has 2 aromatic rings. The van der Waals surface area contributed by atoms with Crippen molar-refractivity contribution in [2.75, 3.05) is 0 Å². The number of benzene rings is 1. The minimum atomic E-state index is -0.00584. The lowest BCUT2D eigenvalue weighted by molar-refractivity contribution is 0.779. The summed E-state index contributed by atoms with van der Waals surface area (Å²) in [5.74, 6) is 0. The number of nitrogens with zero attached hydrogens (tertiary/aromatic N) is 1. The third-order valence-electron chi connectivity index (χ3n) is 2.33. The van der Waals surface area contributed by atoms with Crippen molar-refractivity contribution in [2.45, 2.75) is 22.9 Å². The fourth-order valence-electron chi connectivity index (χ4n) is 1.47. The lowest BCUT2D eigenvalue weighted by Gasteiger charge is -2.11. The Balaban J connectivity index is 2.34. The first-order valence-electron chi connectivity index (χ1n) is 5.31. The molecule has 0 unspecified atom stereocenters. The Kier molecular flexibility index (Phi) is 4.20. The molecule has 0 amide bonds. The van der Waals surface area contributed by atoms with Crippen LogP contribution in [0.15, 0.2) is 57.0 Å². The molecule has 4 heteroatoms. The SMILES string of the molecule is C[C@H](N)c1cccnc1Sc1ccccc1Br. The summed E-state index contributed by atoms with van der Waals surface area (Å²) in [4.78, 5) is 5.54. The van der Waals surface area contributed by atoms with E-state index in [4.69, 9.17) is 5.73 Å². The third-order valence-corrected chi connectivity index (χ3v) is 4.40. The van der Waals surface area contributed by atoms with E-state index in [-0.39, 0.29) is 6.04 Å².